The molecule has 1 rings (SSSR count). The van der Waals surface area contributed by atoms with Gasteiger partial charge in [-0.2, -0.15) is 13.2 Å². The van der Waals surface area contributed by atoms with Crippen molar-refractivity contribution < 1.29 is 23.1 Å². The smallest absolute Gasteiger partial charge is 0.396 e. The van der Waals surface area contributed by atoms with Crippen LogP contribution in [0.4, 0.5) is 23.7 Å². The number of alkyl halides is 3. The number of carbonyl (C=O) groups excluding carboxylic acids is 1. The Bertz CT molecular complexity index is 473. The van der Waals surface area contributed by atoms with E-state index in [2.05, 4.69) is 10.6 Å². The molecule has 0 aliphatic carbocycles. The molecule has 0 heterocycles. The molecular formula is C13H17F3N2O2. The molecule has 20 heavy (non-hydrogen) atoms. The zero-order chi connectivity index (χ0) is 15.4. The van der Waals surface area contributed by atoms with Crippen LogP contribution in [0.2, 0.25) is 0 Å². The van der Waals surface area contributed by atoms with E-state index >= 15 is 0 Å². The Morgan fingerprint density at radius 3 is 2.40 bits per heavy atom. The van der Waals surface area contributed by atoms with Gasteiger partial charge >= 0.3 is 12.2 Å². The van der Waals surface area contributed by atoms with Crippen molar-refractivity contribution in [2.45, 2.75) is 32.0 Å². The maximum atomic E-state index is 12.8. The summed E-state index contributed by atoms with van der Waals surface area (Å²) in [6, 6.07) is 3.99. The summed E-state index contributed by atoms with van der Waals surface area (Å²) >= 11 is 0. The number of hydrogen-bond acceptors (Lipinski definition) is 2. The molecule has 0 aromatic heterocycles. The van der Waals surface area contributed by atoms with Gasteiger partial charge in [0.1, 0.15) is 0 Å². The minimum absolute atomic E-state index is 0.133. The molecule has 0 radical (unpaired) electrons. The number of carbonyl (C=O) groups is 1. The minimum atomic E-state index is -4.54. The second-order valence-electron chi connectivity index (χ2n) is 4.98. The Kier molecular flexibility index (Phi) is 4.99. The molecule has 7 heteroatoms. The average molecular weight is 290 g/mol. The Hall–Kier alpha value is -1.76. The number of aliphatic hydroxyl groups is 1. The number of amides is 2. The Balaban J connectivity index is 2.82. The summed E-state index contributed by atoms with van der Waals surface area (Å²) in [6.07, 6.45) is -4.24. The van der Waals surface area contributed by atoms with Gasteiger partial charge < -0.3 is 15.7 Å². The van der Waals surface area contributed by atoms with Crippen LogP contribution in [-0.2, 0) is 6.18 Å². The average Bonchev–Trinajstić information content (AvgIpc) is 2.26. The molecule has 0 saturated heterocycles. The molecule has 4 nitrogen and oxygen atoms in total. The maximum Gasteiger partial charge on any atom is 0.418 e. The molecule has 0 saturated carbocycles. The molecule has 1 aromatic carbocycles. The molecule has 112 valence electrons. The van der Waals surface area contributed by atoms with Gasteiger partial charge in [0, 0.05) is 12.1 Å². The van der Waals surface area contributed by atoms with Gasteiger partial charge in [-0.3, -0.25) is 0 Å². The van der Waals surface area contributed by atoms with Crippen molar-refractivity contribution in [1.82, 2.24) is 5.32 Å². The van der Waals surface area contributed by atoms with E-state index in [4.69, 9.17) is 5.11 Å². The van der Waals surface area contributed by atoms with Gasteiger partial charge in [-0.05, 0) is 32.4 Å². The lowest BCUT2D eigenvalue weighted by Gasteiger charge is -2.25. The Morgan fingerprint density at radius 1 is 1.25 bits per heavy atom. The second-order valence-corrected chi connectivity index (χ2v) is 4.98. The zero-order valence-electron chi connectivity index (χ0n) is 11.2. The number of halogens is 3. The first kappa shape index (κ1) is 16.3. The third-order valence-electron chi connectivity index (χ3n) is 2.67. The quantitative estimate of drug-likeness (QED) is 0.798. The van der Waals surface area contributed by atoms with E-state index < -0.39 is 23.3 Å². The van der Waals surface area contributed by atoms with Crippen LogP contribution in [0, 0.1) is 0 Å². The summed E-state index contributed by atoms with van der Waals surface area (Å²) in [4.78, 5) is 11.7. The van der Waals surface area contributed by atoms with Crippen LogP contribution in [0.25, 0.3) is 0 Å². The van der Waals surface area contributed by atoms with E-state index in [1.54, 1.807) is 13.8 Å². The fourth-order valence-electron chi connectivity index (χ4n) is 1.64. The number of para-hydroxylation sites is 1. The summed E-state index contributed by atoms with van der Waals surface area (Å²) in [5.41, 5.74) is -1.93. The molecule has 0 fully saturated rings. The predicted octanol–water partition coefficient (Wildman–Crippen LogP) is 2.99. The first-order valence-electron chi connectivity index (χ1n) is 6.02. The van der Waals surface area contributed by atoms with Crippen molar-refractivity contribution in [2.24, 2.45) is 0 Å². The maximum absolute atomic E-state index is 12.8. The van der Waals surface area contributed by atoms with Crippen molar-refractivity contribution >= 4 is 11.7 Å². The third-order valence-corrected chi connectivity index (χ3v) is 2.67. The van der Waals surface area contributed by atoms with E-state index in [9.17, 15) is 18.0 Å². The highest BCUT2D eigenvalue weighted by Gasteiger charge is 2.33. The molecule has 0 aliphatic heterocycles. The lowest BCUT2D eigenvalue weighted by molar-refractivity contribution is -0.136. The fraction of sp³-hybridized carbons (Fsp3) is 0.462. The largest absolute Gasteiger partial charge is 0.418 e. The van der Waals surface area contributed by atoms with Crippen molar-refractivity contribution in [3.05, 3.63) is 29.8 Å². The van der Waals surface area contributed by atoms with E-state index in [0.29, 0.717) is 6.42 Å². The third kappa shape index (κ3) is 4.73. The SMILES string of the molecule is CC(C)(CCO)NC(=O)Nc1ccccc1C(F)(F)F. The highest BCUT2D eigenvalue weighted by molar-refractivity contribution is 5.90. The highest BCUT2D eigenvalue weighted by Crippen LogP contribution is 2.34. The van der Waals surface area contributed by atoms with Gasteiger partial charge in [-0.25, -0.2) is 4.79 Å². The normalized spacial score (nSPS) is 12.1. The number of urea groups is 1. The van der Waals surface area contributed by atoms with Gasteiger partial charge in [-0.1, -0.05) is 12.1 Å². The molecule has 0 bridgehead atoms. The first-order chi connectivity index (χ1) is 9.15. The van der Waals surface area contributed by atoms with Crippen molar-refractivity contribution in [3.8, 4) is 0 Å². The van der Waals surface area contributed by atoms with Crippen LogP contribution >= 0.6 is 0 Å². The van der Waals surface area contributed by atoms with Crippen LogP contribution in [0.5, 0.6) is 0 Å². The summed E-state index contributed by atoms with van der Waals surface area (Å²) in [7, 11) is 0. The van der Waals surface area contributed by atoms with Crippen molar-refractivity contribution in [3.63, 3.8) is 0 Å². The summed E-state index contributed by atoms with van der Waals surface area (Å²) in [6.45, 7) is 3.20. The van der Waals surface area contributed by atoms with E-state index in [0.717, 1.165) is 6.07 Å². The van der Waals surface area contributed by atoms with Crippen molar-refractivity contribution in [1.29, 1.82) is 0 Å². The van der Waals surface area contributed by atoms with E-state index in [1.165, 1.54) is 18.2 Å². The van der Waals surface area contributed by atoms with E-state index in [1.807, 2.05) is 0 Å². The summed E-state index contributed by atoms with van der Waals surface area (Å²) in [5.74, 6) is 0. The summed E-state index contributed by atoms with van der Waals surface area (Å²) < 4.78 is 38.3. The van der Waals surface area contributed by atoms with Gasteiger partial charge in [0.15, 0.2) is 0 Å². The Morgan fingerprint density at radius 2 is 1.85 bits per heavy atom. The lowest BCUT2D eigenvalue weighted by Crippen LogP contribution is -2.46. The van der Waals surface area contributed by atoms with Gasteiger partial charge in [0.05, 0.1) is 11.3 Å². The van der Waals surface area contributed by atoms with Gasteiger partial charge in [-0.15, -0.1) is 0 Å². The fourth-order valence-corrected chi connectivity index (χ4v) is 1.64. The zero-order valence-corrected chi connectivity index (χ0v) is 11.2. The second kappa shape index (κ2) is 6.13. The molecule has 0 spiro atoms. The Labute approximate surface area is 115 Å². The first-order valence-corrected chi connectivity index (χ1v) is 6.02. The van der Waals surface area contributed by atoms with Crippen molar-refractivity contribution in [2.75, 3.05) is 11.9 Å². The molecule has 2 amide bonds. The molecule has 0 unspecified atom stereocenters. The van der Waals surface area contributed by atoms with Crippen LogP contribution in [0.1, 0.15) is 25.8 Å². The molecule has 0 aliphatic rings. The van der Waals surface area contributed by atoms with Gasteiger partial charge in [0.2, 0.25) is 0 Å². The number of anilines is 1. The minimum Gasteiger partial charge on any atom is -0.396 e. The van der Waals surface area contributed by atoms with Crippen LogP contribution < -0.4 is 10.6 Å². The topological polar surface area (TPSA) is 61.4 Å². The molecular weight excluding hydrogens is 273 g/mol. The molecule has 1 aromatic rings. The van der Waals surface area contributed by atoms with Crippen LogP contribution in [0.3, 0.4) is 0 Å². The number of nitrogens with one attached hydrogen (secondary N) is 2. The highest BCUT2D eigenvalue weighted by atomic mass is 19.4. The number of rotatable bonds is 4. The monoisotopic (exact) mass is 290 g/mol. The number of aliphatic hydroxyl groups excluding tert-OH is 1. The lowest BCUT2D eigenvalue weighted by atomic mass is 10.0. The predicted molar refractivity (Wildman–Crippen MR) is 69.4 cm³/mol. The molecule has 3 N–H and O–H groups in total. The van der Waals surface area contributed by atoms with Crippen LogP contribution in [-0.4, -0.2) is 23.3 Å². The van der Waals surface area contributed by atoms with Crippen LogP contribution in [0.15, 0.2) is 24.3 Å². The molecule has 0 atom stereocenters. The van der Waals surface area contributed by atoms with E-state index in [-0.39, 0.29) is 12.3 Å². The number of benzene rings is 1. The van der Waals surface area contributed by atoms with Gasteiger partial charge in [0.25, 0.3) is 0 Å². The standard InChI is InChI=1S/C13H17F3N2O2/c1-12(2,7-8-19)18-11(20)17-10-6-4-3-5-9(10)13(14,15)16/h3-6,19H,7-8H2,1-2H3,(H2,17,18,20). The summed E-state index contributed by atoms with van der Waals surface area (Å²) in [5, 5.41) is 13.5. The number of hydrogen-bond donors (Lipinski definition) is 3.